The first-order valence-electron chi connectivity index (χ1n) is 7.08. The molecular weight excluding hydrogens is 356 g/mol. The summed E-state index contributed by atoms with van der Waals surface area (Å²) in [6, 6.07) is 2.63. The molecule has 25 heavy (non-hydrogen) atoms. The normalized spacial score (nSPS) is 13.1. The topological polar surface area (TPSA) is 49.8 Å². The van der Waals surface area contributed by atoms with Crippen molar-refractivity contribution in [2.45, 2.75) is 31.8 Å². The molecule has 0 bridgehead atoms. The molecule has 0 heterocycles. The van der Waals surface area contributed by atoms with Crippen molar-refractivity contribution in [1.29, 1.82) is 0 Å². The van der Waals surface area contributed by atoms with Gasteiger partial charge in [0.1, 0.15) is 0 Å². The molecule has 0 fully saturated rings. The molecule has 1 amide bonds. The molecular formula is C15H17F6NO3. The molecule has 0 spiro atoms. The van der Waals surface area contributed by atoms with E-state index in [-0.39, 0.29) is 18.2 Å². The highest BCUT2D eigenvalue weighted by Gasteiger charge is 2.71. The molecule has 4 nitrogen and oxygen atoms in total. The number of benzene rings is 1. The van der Waals surface area contributed by atoms with Crippen molar-refractivity contribution in [2.24, 2.45) is 5.92 Å². The van der Waals surface area contributed by atoms with E-state index in [4.69, 9.17) is 4.74 Å². The molecule has 1 aromatic rings. The van der Waals surface area contributed by atoms with E-state index in [2.05, 4.69) is 0 Å². The minimum absolute atomic E-state index is 0.00389. The highest BCUT2D eigenvalue weighted by atomic mass is 19.4. The van der Waals surface area contributed by atoms with Gasteiger partial charge in [-0.3, -0.25) is 4.90 Å². The number of carbonyl (C=O) groups excluding carboxylic acids is 1. The van der Waals surface area contributed by atoms with Crippen molar-refractivity contribution < 1.29 is 41.0 Å². The Hall–Kier alpha value is -1.97. The Bertz CT molecular complexity index is 581. The summed E-state index contributed by atoms with van der Waals surface area (Å²) in [4.78, 5) is 12.7. The van der Waals surface area contributed by atoms with E-state index >= 15 is 0 Å². The zero-order chi connectivity index (χ0) is 19.6. The van der Waals surface area contributed by atoms with Crippen LogP contribution in [0.25, 0.3) is 0 Å². The summed E-state index contributed by atoms with van der Waals surface area (Å²) < 4.78 is 81.7. The van der Waals surface area contributed by atoms with Crippen LogP contribution in [0.15, 0.2) is 24.3 Å². The van der Waals surface area contributed by atoms with Gasteiger partial charge in [-0.2, -0.15) is 26.3 Å². The fourth-order valence-corrected chi connectivity index (χ4v) is 1.85. The third-order valence-corrected chi connectivity index (χ3v) is 3.31. The van der Waals surface area contributed by atoms with Gasteiger partial charge in [0.15, 0.2) is 0 Å². The summed E-state index contributed by atoms with van der Waals surface area (Å²) >= 11 is 0. The average molecular weight is 373 g/mol. The van der Waals surface area contributed by atoms with Crippen LogP contribution in [-0.4, -0.2) is 37.2 Å². The highest BCUT2D eigenvalue weighted by Crippen LogP contribution is 2.50. The summed E-state index contributed by atoms with van der Waals surface area (Å²) in [6.45, 7) is 3.68. The van der Waals surface area contributed by atoms with E-state index in [1.54, 1.807) is 13.8 Å². The van der Waals surface area contributed by atoms with Crippen molar-refractivity contribution in [2.75, 3.05) is 18.6 Å². The number of rotatable bonds is 4. The Morgan fingerprint density at radius 1 is 1.08 bits per heavy atom. The van der Waals surface area contributed by atoms with Crippen LogP contribution in [-0.2, 0) is 10.3 Å². The highest BCUT2D eigenvalue weighted by molar-refractivity contribution is 5.86. The van der Waals surface area contributed by atoms with Crippen LogP contribution in [0.1, 0.15) is 19.4 Å². The first-order valence-corrected chi connectivity index (χ1v) is 7.08. The van der Waals surface area contributed by atoms with Crippen molar-refractivity contribution in [3.63, 3.8) is 0 Å². The maximum absolute atomic E-state index is 12.8. The molecule has 0 aliphatic heterocycles. The zero-order valence-corrected chi connectivity index (χ0v) is 13.6. The number of hydrogen-bond donors (Lipinski definition) is 1. The van der Waals surface area contributed by atoms with Crippen LogP contribution in [0.5, 0.6) is 0 Å². The van der Waals surface area contributed by atoms with Crippen molar-refractivity contribution in [3.05, 3.63) is 29.8 Å². The number of halogens is 6. The SMILES string of the molecule is CC(C)COC(=O)N(C)c1ccc(C(O)(C(F)(F)F)C(F)(F)F)cc1. The quantitative estimate of drug-likeness (QED) is 0.804. The summed E-state index contributed by atoms with van der Waals surface area (Å²) in [5.41, 5.74) is -6.40. The van der Waals surface area contributed by atoms with E-state index in [0.717, 1.165) is 17.0 Å². The number of ether oxygens (including phenoxy) is 1. The van der Waals surface area contributed by atoms with Crippen molar-refractivity contribution in [1.82, 2.24) is 0 Å². The fourth-order valence-electron chi connectivity index (χ4n) is 1.85. The summed E-state index contributed by atoms with van der Waals surface area (Å²) in [7, 11) is 1.25. The lowest BCUT2D eigenvalue weighted by atomic mass is 9.92. The molecule has 1 rings (SSSR count). The summed E-state index contributed by atoms with van der Waals surface area (Å²) in [5.74, 6) is 0.0494. The molecule has 0 aliphatic rings. The van der Waals surface area contributed by atoms with Gasteiger partial charge in [0, 0.05) is 18.3 Å². The maximum atomic E-state index is 12.8. The first kappa shape index (κ1) is 21.1. The van der Waals surface area contributed by atoms with Crippen LogP contribution < -0.4 is 4.90 Å². The van der Waals surface area contributed by atoms with Gasteiger partial charge >= 0.3 is 18.4 Å². The number of nitrogens with zero attached hydrogens (tertiary/aromatic N) is 1. The number of hydrogen-bond acceptors (Lipinski definition) is 3. The molecule has 0 radical (unpaired) electrons. The van der Waals surface area contributed by atoms with Gasteiger partial charge in [-0.15, -0.1) is 0 Å². The number of anilines is 1. The predicted octanol–water partition coefficient (Wildman–Crippen LogP) is 4.23. The Labute approximate surface area is 140 Å². The average Bonchev–Trinajstić information content (AvgIpc) is 2.49. The smallest absolute Gasteiger partial charge is 0.430 e. The monoisotopic (exact) mass is 373 g/mol. The lowest BCUT2D eigenvalue weighted by Gasteiger charge is -2.32. The number of carbonyl (C=O) groups is 1. The second-order valence-electron chi connectivity index (χ2n) is 5.78. The second-order valence-corrected chi connectivity index (χ2v) is 5.78. The maximum Gasteiger partial charge on any atom is 0.430 e. The molecule has 10 heteroatoms. The lowest BCUT2D eigenvalue weighted by molar-refractivity contribution is -0.376. The number of amides is 1. The molecule has 142 valence electrons. The summed E-state index contributed by atoms with van der Waals surface area (Å²) in [6.07, 6.45) is -12.7. The molecule has 0 saturated carbocycles. The van der Waals surface area contributed by atoms with Gasteiger partial charge in [-0.25, -0.2) is 4.79 Å². The minimum Gasteiger partial charge on any atom is -0.449 e. The van der Waals surface area contributed by atoms with Crippen molar-refractivity contribution in [3.8, 4) is 0 Å². The number of aliphatic hydroxyl groups is 1. The van der Waals surface area contributed by atoms with E-state index in [0.29, 0.717) is 12.1 Å². The van der Waals surface area contributed by atoms with Crippen LogP contribution in [0.3, 0.4) is 0 Å². The minimum atomic E-state index is -5.96. The van der Waals surface area contributed by atoms with E-state index in [1.807, 2.05) is 0 Å². The molecule has 1 N–H and O–H groups in total. The van der Waals surface area contributed by atoms with Gasteiger partial charge in [-0.05, 0) is 18.1 Å². The Balaban J connectivity index is 3.11. The predicted molar refractivity (Wildman–Crippen MR) is 77.0 cm³/mol. The molecule has 0 aliphatic carbocycles. The molecule has 0 aromatic heterocycles. The third kappa shape index (κ3) is 4.36. The molecule has 0 unspecified atom stereocenters. The molecule has 0 saturated heterocycles. The standard InChI is InChI=1S/C15H17F6NO3/c1-9(2)8-25-12(23)22(3)11-6-4-10(5-7-11)13(24,14(16,17)18)15(19,20)21/h4-7,9,24H,8H2,1-3H3. The lowest BCUT2D eigenvalue weighted by Crippen LogP contribution is -2.53. The van der Waals surface area contributed by atoms with E-state index < -0.39 is 29.6 Å². The van der Waals surface area contributed by atoms with E-state index in [9.17, 15) is 36.2 Å². The van der Waals surface area contributed by atoms with Gasteiger partial charge in [0.25, 0.3) is 5.60 Å². The first-order chi connectivity index (χ1) is 11.2. The molecule has 0 atom stereocenters. The Morgan fingerprint density at radius 2 is 1.52 bits per heavy atom. The second kappa shape index (κ2) is 7.11. The van der Waals surface area contributed by atoms with E-state index in [1.165, 1.54) is 7.05 Å². The summed E-state index contributed by atoms with van der Waals surface area (Å²) in [5, 5.41) is 9.28. The van der Waals surface area contributed by atoms with Gasteiger partial charge in [-0.1, -0.05) is 26.0 Å². The van der Waals surface area contributed by atoms with Crippen LogP contribution in [0.2, 0.25) is 0 Å². The zero-order valence-electron chi connectivity index (χ0n) is 13.6. The van der Waals surface area contributed by atoms with Crippen LogP contribution >= 0.6 is 0 Å². The van der Waals surface area contributed by atoms with Crippen LogP contribution in [0, 0.1) is 5.92 Å². The fraction of sp³-hybridized carbons (Fsp3) is 0.533. The van der Waals surface area contributed by atoms with Crippen molar-refractivity contribution >= 4 is 11.8 Å². The van der Waals surface area contributed by atoms with Gasteiger partial charge in [0.05, 0.1) is 6.61 Å². The molecule has 1 aromatic carbocycles. The largest absolute Gasteiger partial charge is 0.449 e. The Morgan fingerprint density at radius 3 is 1.88 bits per heavy atom. The third-order valence-electron chi connectivity index (χ3n) is 3.31. The van der Waals surface area contributed by atoms with Crippen LogP contribution in [0.4, 0.5) is 36.8 Å². The van der Waals surface area contributed by atoms with Gasteiger partial charge in [0.2, 0.25) is 0 Å². The van der Waals surface area contributed by atoms with Gasteiger partial charge < -0.3 is 9.84 Å². The Kier molecular flexibility index (Phi) is 5.99. The number of alkyl halides is 6.